The summed E-state index contributed by atoms with van der Waals surface area (Å²) in [5.41, 5.74) is 1.60. The van der Waals surface area contributed by atoms with Gasteiger partial charge in [0.1, 0.15) is 17.4 Å². The molecule has 1 aromatic carbocycles. The average molecular weight is 331 g/mol. The molecule has 1 aromatic rings. The van der Waals surface area contributed by atoms with E-state index in [-0.39, 0.29) is 23.3 Å². The molecule has 0 aliphatic carbocycles. The molecular formula is C17H21N3O4. The number of urea groups is 1. The monoisotopic (exact) mass is 331 g/mol. The number of fused-ring (bicyclic) bond motifs is 1. The Bertz CT molecular complexity index is 742. The van der Waals surface area contributed by atoms with Crippen molar-refractivity contribution >= 4 is 17.6 Å². The minimum Gasteiger partial charge on any atom is -0.508 e. The van der Waals surface area contributed by atoms with Gasteiger partial charge in [-0.1, -0.05) is 13.8 Å². The van der Waals surface area contributed by atoms with Crippen molar-refractivity contribution in [1.29, 1.82) is 0 Å². The molecule has 7 nitrogen and oxygen atoms in total. The van der Waals surface area contributed by atoms with E-state index in [1.54, 1.807) is 11.0 Å². The number of phenols is 2. The van der Waals surface area contributed by atoms with E-state index in [4.69, 9.17) is 0 Å². The quantitative estimate of drug-likeness (QED) is 0.787. The second-order valence-electron chi connectivity index (χ2n) is 6.48. The van der Waals surface area contributed by atoms with Crippen molar-refractivity contribution in [2.45, 2.75) is 32.7 Å². The largest absolute Gasteiger partial charge is 0.508 e. The summed E-state index contributed by atoms with van der Waals surface area (Å²) in [5.74, 6) is -0.845. The molecule has 128 valence electrons. The van der Waals surface area contributed by atoms with E-state index in [0.717, 1.165) is 0 Å². The number of phenolic OH excluding ortho intramolecular Hbond substituents is 2. The van der Waals surface area contributed by atoms with Gasteiger partial charge in [0, 0.05) is 18.2 Å². The van der Waals surface area contributed by atoms with Crippen LogP contribution in [0.5, 0.6) is 11.5 Å². The molecule has 0 spiro atoms. The van der Waals surface area contributed by atoms with Crippen LogP contribution in [0.25, 0.3) is 0 Å². The van der Waals surface area contributed by atoms with E-state index in [9.17, 15) is 19.8 Å². The summed E-state index contributed by atoms with van der Waals surface area (Å²) < 4.78 is 0. The van der Waals surface area contributed by atoms with Crippen molar-refractivity contribution < 1.29 is 19.8 Å². The highest BCUT2D eigenvalue weighted by Gasteiger charge is 2.46. The number of hydrogen-bond acceptors (Lipinski definition) is 4. The minimum atomic E-state index is -0.688. The highest BCUT2D eigenvalue weighted by molar-refractivity contribution is 6.16. The maximum atomic E-state index is 12.6. The van der Waals surface area contributed by atoms with Gasteiger partial charge in [0.05, 0.1) is 18.3 Å². The first-order valence-corrected chi connectivity index (χ1v) is 8.06. The van der Waals surface area contributed by atoms with Crippen LogP contribution in [-0.4, -0.2) is 45.9 Å². The number of amides is 3. The number of benzene rings is 1. The third kappa shape index (κ3) is 2.50. The van der Waals surface area contributed by atoms with E-state index in [1.165, 1.54) is 6.07 Å². The van der Waals surface area contributed by atoms with Gasteiger partial charge in [0.15, 0.2) is 0 Å². The fourth-order valence-corrected chi connectivity index (χ4v) is 3.38. The summed E-state index contributed by atoms with van der Waals surface area (Å²) in [6.07, 6.45) is 0. The molecule has 2 aliphatic heterocycles. The standard InChI is InChI=1S/C17H21N3O4/c1-4-20-7-11-14(16(20)23)15(19-17(24)18-11)10-5-9(8(2)3)12(21)6-13(10)22/h5-6,8,14-15,21-22H,4,7H2,1-3H3,(H,19,24). The van der Waals surface area contributed by atoms with Crippen LogP contribution in [-0.2, 0) is 4.79 Å². The Labute approximate surface area is 140 Å². The first kappa shape index (κ1) is 16.3. The van der Waals surface area contributed by atoms with Gasteiger partial charge in [-0.15, -0.1) is 0 Å². The predicted octanol–water partition coefficient (Wildman–Crippen LogP) is 1.90. The lowest BCUT2D eigenvalue weighted by molar-refractivity contribution is -0.131. The summed E-state index contributed by atoms with van der Waals surface area (Å²) in [6.45, 7) is 6.58. The molecule has 3 rings (SSSR count). The molecular weight excluding hydrogens is 310 g/mol. The summed E-state index contributed by atoms with van der Waals surface area (Å²) in [6, 6.07) is 1.72. The Morgan fingerprint density at radius 3 is 2.62 bits per heavy atom. The zero-order valence-electron chi connectivity index (χ0n) is 13.9. The lowest BCUT2D eigenvalue weighted by atomic mass is 9.86. The molecule has 3 amide bonds. The Hall–Kier alpha value is -2.57. The number of nitrogens with zero attached hydrogens (tertiary/aromatic N) is 2. The van der Waals surface area contributed by atoms with Crippen molar-refractivity contribution in [2.24, 2.45) is 10.9 Å². The van der Waals surface area contributed by atoms with Gasteiger partial charge in [0.25, 0.3) is 0 Å². The fraction of sp³-hybridized carbons (Fsp3) is 0.471. The number of likely N-dealkylation sites (tertiary alicyclic amines) is 1. The Morgan fingerprint density at radius 2 is 2.00 bits per heavy atom. The van der Waals surface area contributed by atoms with Gasteiger partial charge >= 0.3 is 6.03 Å². The molecule has 1 saturated heterocycles. The fourth-order valence-electron chi connectivity index (χ4n) is 3.38. The van der Waals surface area contributed by atoms with E-state index >= 15 is 0 Å². The molecule has 0 radical (unpaired) electrons. The van der Waals surface area contributed by atoms with Crippen LogP contribution >= 0.6 is 0 Å². The SMILES string of the molecule is CCN1CC2=NC(=O)NC(c3cc(C(C)C)c(O)cc3O)C2C1=O. The molecule has 1 fully saturated rings. The molecule has 3 N–H and O–H groups in total. The van der Waals surface area contributed by atoms with Gasteiger partial charge in [-0.2, -0.15) is 0 Å². The lowest BCUT2D eigenvalue weighted by Gasteiger charge is -2.28. The van der Waals surface area contributed by atoms with Crippen molar-refractivity contribution in [3.8, 4) is 11.5 Å². The number of aliphatic imine (C=N–C) groups is 1. The second-order valence-corrected chi connectivity index (χ2v) is 6.48. The van der Waals surface area contributed by atoms with E-state index in [2.05, 4.69) is 10.3 Å². The van der Waals surface area contributed by atoms with E-state index in [1.807, 2.05) is 20.8 Å². The molecule has 7 heteroatoms. The number of nitrogens with one attached hydrogen (secondary N) is 1. The van der Waals surface area contributed by atoms with Gasteiger partial charge in [0.2, 0.25) is 5.91 Å². The molecule has 2 atom stereocenters. The number of carbonyl (C=O) groups is 2. The van der Waals surface area contributed by atoms with Gasteiger partial charge in [-0.3, -0.25) is 4.79 Å². The topological polar surface area (TPSA) is 102 Å². The van der Waals surface area contributed by atoms with E-state index < -0.39 is 18.0 Å². The molecule has 0 bridgehead atoms. The van der Waals surface area contributed by atoms with Gasteiger partial charge in [-0.05, 0) is 24.5 Å². The third-order valence-electron chi connectivity index (χ3n) is 4.66. The maximum Gasteiger partial charge on any atom is 0.341 e. The smallest absolute Gasteiger partial charge is 0.341 e. The molecule has 0 aromatic heterocycles. The van der Waals surface area contributed by atoms with Crippen molar-refractivity contribution in [2.75, 3.05) is 13.1 Å². The van der Waals surface area contributed by atoms with Crippen LogP contribution < -0.4 is 5.32 Å². The first-order valence-electron chi connectivity index (χ1n) is 8.06. The predicted molar refractivity (Wildman–Crippen MR) is 88.3 cm³/mol. The zero-order valence-corrected chi connectivity index (χ0v) is 13.9. The summed E-state index contributed by atoms with van der Waals surface area (Å²) in [7, 11) is 0. The lowest BCUT2D eigenvalue weighted by Crippen LogP contribution is -2.42. The highest BCUT2D eigenvalue weighted by atomic mass is 16.3. The maximum absolute atomic E-state index is 12.6. The number of carbonyl (C=O) groups excluding carboxylic acids is 2. The second kappa shape index (κ2) is 5.81. The van der Waals surface area contributed by atoms with Crippen LogP contribution in [0.3, 0.4) is 0 Å². The average Bonchev–Trinajstić information content (AvgIpc) is 2.82. The van der Waals surface area contributed by atoms with Crippen LogP contribution in [0, 0.1) is 5.92 Å². The number of aromatic hydroxyl groups is 2. The molecule has 2 unspecified atom stereocenters. The van der Waals surface area contributed by atoms with Crippen molar-refractivity contribution in [1.82, 2.24) is 10.2 Å². The summed E-state index contributed by atoms with van der Waals surface area (Å²) >= 11 is 0. The minimum absolute atomic E-state index is 0.00444. The normalized spacial score (nSPS) is 23.3. The first-order chi connectivity index (χ1) is 11.3. The molecule has 24 heavy (non-hydrogen) atoms. The van der Waals surface area contributed by atoms with Crippen LogP contribution in [0.2, 0.25) is 0 Å². The third-order valence-corrected chi connectivity index (χ3v) is 4.66. The Kier molecular flexibility index (Phi) is 3.95. The van der Waals surface area contributed by atoms with Gasteiger partial charge < -0.3 is 20.4 Å². The van der Waals surface area contributed by atoms with Gasteiger partial charge in [-0.25, -0.2) is 9.79 Å². The Balaban J connectivity index is 2.09. The van der Waals surface area contributed by atoms with Crippen LogP contribution in [0.15, 0.2) is 17.1 Å². The molecule has 0 saturated carbocycles. The molecule has 2 aliphatic rings. The number of hydrogen-bond donors (Lipinski definition) is 3. The summed E-state index contributed by atoms with van der Waals surface area (Å²) in [5, 5.41) is 23.0. The highest BCUT2D eigenvalue weighted by Crippen LogP contribution is 2.40. The van der Waals surface area contributed by atoms with Crippen molar-refractivity contribution in [3.63, 3.8) is 0 Å². The molecule has 2 heterocycles. The summed E-state index contributed by atoms with van der Waals surface area (Å²) in [4.78, 5) is 30.1. The number of rotatable bonds is 3. The van der Waals surface area contributed by atoms with E-state index in [0.29, 0.717) is 29.9 Å². The zero-order chi connectivity index (χ0) is 17.6. The Morgan fingerprint density at radius 1 is 1.29 bits per heavy atom. The van der Waals surface area contributed by atoms with Crippen molar-refractivity contribution in [3.05, 3.63) is 23.3 Å². The van der Waals surface area contributed by atoms with Crippen LogP contribution in [0.4, 0.5) is 4.79 Å². The van der Waals surface area contributed by atoms with Crippen LogP contribution in [0.1, 0.15) is 43.9 Å².